The predicted octanol–water partition coefficient (Wildman–Crippen LogP) is 4.29. The highest BCUT2D eigenvalue weighted by molar-refractivity contribution is 5.90. The first-order valence-corrected chi connectivity index (χ1v) is 10.5. The SMILES string of the molecule is O=C(OCc1cccc(COC(=O)c2cnc3ccccc3n2)c1)c1cnc2ccccc2n1. The summed E-state index contributed by atoms with van der Waals surface area (Å²) in [6.07, 6.45) is 2.80. The van der Waals surface area contributed by atoms with Gasteiger partial charge >= 0.3 is 11.9 Å². The number of hydrogen-bond donors (Lipinski definition) is 0. The van der Waals surface area contributed by atoms with E-state index < -0.39 is 11.9 Å². The van der Waals surface area contributed by atoms with Crippen LogP contribution in [0.5, 0.6) is 0 Å². The molecule has 0 N–H and O–H groups in total. The van der Waals surface area contributed by atoms with Crippen LogP contribution in [0.25, 0.3) is 22.1 Å². The van der Waals surface area contributed by atoms with Gasteiger partial charge in [-0.15, -0.1) is 0 Å². The molecule has 2 aromatic heterocycles. The van der Waals surface area contributed by atoms with E-state index in [0.29, 0.717) is 22.1 Å². The molecule has 0 amide bonds. The fourth-order valence-electron chi connectivity index (χ4n) is 3.37. The number of carbonyl (C=O) groups excluding carboxylic acids is 2. The number of aromatic nitrogens is 4. The Kier molecular flexibility index (Phi) is 5.85. The quantitative estimate of drug-likeness (QED) is 0.353. The van der Waals surface area contributed by atoms with Gasteiger partial charge in [-0.1, -0.05) is 42.5 Å². The third-order valence-corrected chi connectivity index (χ3v) is 5.05. The Labute approximate surface area is 194 Å². The minimum atomic E-state index is -0.565. The van der Waals surface area contributed by atoms with Gasteiger partial charge < -0.3 is 9.47 Å². The standard InChI is InChI=1S/C26H18N4O4/c31-25(23-13-27-19-8-1-3-10-21(19)29-23)33-15-17-6-5-7-18(12-17)16-34-26(32)24-14-28-20-9-2-4-11-22(20)30-24/h1-14H,15-16H2. The van der Waals surface area contributed by atoms with Crippen LogP contribution >= 0.6 is 0 Å². The number of esters is 2. The maximum absolute atomic E-state index is 12.4. The average Bonchev–Trinajstić information content (AvgIpc) is 2.90. The zero-order valence-electron chi connectivity index (χ0n) is 17.9. The minimum absolute atomic E-state index is 0.0469. The highest BCUT2D eigenvalue weighted by Crippen LogP contribution is 2.13. The Morgan fingerprint density at radius 2 is 1.03 bits per heavy atom. The van der Waals surface area contributed by atoms with E-state index in [0.717, 1.165) is 11.1 Å². The Bertz CT molecular complexity index is 1410. The van der Waals surface area contributed by atoms with Crippen LogP contribution in [-0.2, 0) is 22.7 Å². The van der Waals surface area contributed by atoms with Crippen molar-refractivity contribution < 1.29 is 19.1 Å². The van der Waals surface area contributed by atoms with Gasteiger partial charge in [-0.3, -0.25) is 9.97 Å². The van der Waals surface area contributed by atoms with Crippen LogP contribution in [0, 0.1) is 0 Å². The van der Waals surface area contributed by atoms with E-state index in [1.54, 1.807) is 24.3 Å². The molecule has 0 saturated carbocycles. The smallest absolute Gasteiger partial charge is 0.358 e. The molecule has 8 heteroatoms. The van der Waals surface area contributed by atoms with Crippen LogP contribution in [0.3, 0.4) is 0 Å². The van der Waals surface area contributed by atoms with Crippen molar-refractivity contribution in [3.8, 4) is 0 Å². The molecule has 0 aliphatic rings. The van der Waals surface area contributed by atoms with Crippen molar-refractivity contribution in [3.05, 3.63) is 108 Å². The molecule has 0 saturated heterocycles. The summed E-state index contributed by atoms with van der Waals surface area (Å²) in [6, 6.07) is 21.8. The Hall–Kier alpha value is -4.72. The highest BCUT2D eigenvalue weighted by Gasteiger charge is 2.13. The monoisotopic (exact) mass is 450 g/mol. The second-order valence-electron chi connectivity index (χ2n) is 7.46. The number of carbonyl (C=O) groups is 2. The molecule has 0 bridgehead atoms. The van der Waals surface area contributed by atoms with Crippen LogP contribution in [-0.4, -0.2) is 31.9 Å². The molecular formula is C26H18N4O4. The lowest BCUT2D eigenvalue weighted by atomic mass is 10.1. The summed E-state index contributed by atoms with van der Waals surface area (Å²) in [6.45, 7) is 0.0938. The maximum Gasteiger partial charge on any atom is 0.358 e. The normalized spacial score (nSPS) is 10.8. The number of hydrogen-bond acceptors (Lipinski definition) is 8. The van der Waals surface area contributed by atoms with Gasteiger partial charge in [-0.25, -0.2) is 19.6 Å². The summed E-state index contributed by atoms with van der Waals surface area (Å²) in [5.41, 5.74) is 4.43. The van der Waals surface area contributed by atoms with Crippen molar-refractivity contribution in [3.63, 3.8) is 0 Å². The molecule has 0 aliphatic heterocycles. The van der Waals surface area contributed by atoms with Crippen molar-refractivity contribution in [1.29, 1.82) is 0 Å². The molecule has 0 aliphatic carbocycles. The van der Waals surface area contributed by atoms with Gasteiger partial charge in [-0.2, -0.15) is 0 Å². The number of ether oxygens (including phenoxy) is 2. The van der Waals surface area contributed by atoms with E-state index >= 15 is 0 Å². The van der Waals surface area contributed by atoms with Crippen LogP contribution < -0.4 is 0 Å². The zero-order valence-corrected chi connectivity index (χ0v) is 17.9. The van der Waals surface area contributed by atoms with Crippen LogP contribution in [0.1, 0.15) is 32.1 Å². The van der Waals surface area contributed by atoms with Gasteiger partial charge in [0.2, 0.25) is 0 Å². The van der Waals surface area contributed by atoms with E-state index in [1.165, 1.54) is 12.4 Å². The third kappa shape index (κ3) is 4.71. The summed E-state index contributed by atoms with van der Waals surface area (Å²) >= 11 is 0. The summed E-state index contributed by atoms with van der Waals surface area (Å²) in [5.74, 6) is -1.13. The number of para-hydroxylation sites is 4. The molecule has 0 unspecified atom stereocenters. The fourth-order valence-corrected chi connectivity index (χ4v) is 3.37. The first-order chi connectivity index (χ1) is 16.7. The second kappa shape index (κ2) is 9.41. The molecule has 0 radical (unpaired) electrons. The largest absolute Gasteiger partial charge is 0.456 e. The number of benzene rings is 3. The molecule has 5 aromatic rings. The molecule has 3 aromatic carbocycles. The van der Waals surface area contributed by atoms with Gasteiger partial charge in [-0.05, 0) is 41.5 Å². The Balaban J connectivity index is 1.20. The van der Waals surface area contributed by atoms with Crippen molar-refractivity contribution in [2.75, 3.05) is 0 Å². The molecule has 0 spiro atoms. The average molecular weight is 450 g/mol. The number of nitrogens with zero attached hydrogens (tertiary/aromatic N) is 4. The third-order valence-electron chi connectivity index (χ3n) is 5.05. The van der Waals surface area contributed by atoms with Gasteiger partial charge in [0.25, 0.3) is 0 Å². The zero-order chi connectivity index (χ0) is 23.3. The van der Waals surface area contributed by atoms with Crippen molar-refractivity contribution in [1.82, 2.24) is 19.9 Å². The Morgan fingerprint density at radius 1 is 0.588 bits per heavy atom. The fraction of sp³-hybridized carbons (Fsp3) is 0.0769. The van der Waals surface area contributed by atoms with Crippen molar-refractivity contribution in [2.24, 2.45) is 0 Å². The lowest BCUT2D eigenvalue weighted by molar-refractivity contribution is 0.0464. The summed E-state index contributed by atoms with van der Waals surface area (Å²) in [7, 11) is 0. The van der Waals surface area contributed by atoms with E-state index in [4.69, 9.17) is 9.47 Å². The predicted molar refractivity (Wildman–Crippen MR) is 124 cm³/mol. The van der Waals surface area contributed by atoms with Crippen LogP contribution in [0.4, 0.5) is 0 Å². The van der Waals surface area contributed by atoms with Crippen LogP contribution in [0.15, 0.2) is 85.2 Å². The van der Waals surface area contributed by atoms with E-state index in [-0.39, 0.29) is 24.6 Å². The van der Waals surface area contributed by atoms with E-state index in [1.807, 2.05) is 48.5 Å². The molecule has 8 nitrogen and oxygen atoms in total. The maximum atomic E-state index is 12.4. The molecule has 166 valence electrons. The number of fused-ring (bicyclic) bond motifs is 2. The van der Waals surface area contributed by atoms with Crippen molar-refractivity contribution >= 4 is 34.0 Å². The molecule has 0 fully saturated rings. The number of rotatable bonds is 6. The minimum Gasteiger partial charge on any atom is -0.456 e. The molecule has 0 atom stereocenters. The molecule has 2 heterocycles. The van der Waals surface area contributed by atoms with Gasteiger partial charge in [0.1, 0.15) is 13.2 Å². The van der Waals surface area contributed by atoms with Crippen molar-refractivity contribution in [2.45, 2.75) is 13.2 Å². The highest BCUT2D eigenvalue weighted by atomic mass is 16.5. The summed E-state index contributed by atoms with van der Waals surface area (Å²) < 4.78 is 10.8. The lowest BCUT2D eigenvalue weighted by Crippen LogP contribution is -2.09. The second-order valence-corrected chi connectivity index (χ2v) is 7.46. The van der Waals surface area contributed by atoms with E-state index in [2.05, 4.69) is 19.9 Å². The molecule has 5 rings (SSSR count). The summed E-state index contributed by atoms with van der Waals surface area (Å²) in [4.78, 5) is 41.9. The first-order valence-electron chi connectivity index (χ1n) is 10.5. The van der Waals surface area contributed by atoms with Gasteiger partial charge in [0, 0.05) is 0 Å². The van der Waals surface area contributed by atoms with Gasteiger partial charge in [0.05, 0.1) is 34.5 Å². The Morgan fingerprint density at radius 3 is 1.50 bits per heavy atom. The van der Waals surface area contributed by atoms with Crippen LogP contribution in [0.2, 0.25) is 0 Å². The van der Waals surface area contributed by atoms with E-state index in [9.17, 15) is 9.59 Å². The lowest BCUT2D eigenvalue weighted by Gasteiger charge is -2.08. The first kappa shape index (κ1) is 21.1. The summed E-state index contributed by atoms with van der Waals surface area (Å²) in [5, 5.41) is 0. The molecular weight excluding hydrogens is 432 g/mol. The topological polar surface area (TPSA) is 104 Å². The van der Waals surface area contributed by atoms with Gasteiger partial charge in [0.15, 0.2) is 11.4 Å². The molecule has 34 heavy (non-hydrogen) atoms.